The van der Waals surface area contributed by atoms with E-state index in [1.165, 1.54) is 13.3 Å². The fourth-order valence-corrected chi connectivity index (χ4v) is 5.14. The first-order valence-electron chi connectivity index (χ1n) is 9.34. The molecule has 8 nitrogen and oxygen atoms in total. The summed E-state index contributed by atoms with van der Waals surface area (Å²) in [7, 11) is -3.08. The van der Waals surface area contributed by atoms with Crippen LogP contribution in [-0.2, 0) is 15.6 Å². The van der Waals surface area contributed by atoms with Crippen LogP contribution < -0.4 is 4.74 Å². The largest absolute Gasteiger partial charge is 0.480 e. The number of aromatic carboxylic acids is 1. The van der Waals surface area contributed by atoms with Crippen LogP contribution >= 0.6 is 11.6 Å². The number of aromatic amines is 1. The average Bonchev–Trinajstić information content (AvgIpc) is 3.22. The second-order valence-electron chi connectivity index (χ2n) is 7.04. The van der Waals surface area contributed by atoms with Crippen molar-refractivity contribution in [2.45, 2.75) is 10.6 Å². The Labute approximate surface area is 194 Å². The fourth-order valence-electron chi connectivity index (χ4n) is 3.42. The van der Waals surface area contributed by atoms with E-state index in [1.807, 2.05) is 0 Å². The summed E-state index contributed by atoms with van der Waals surface area (Å²) < 4.78 is 75.9. The topological polar surface area (TPSA) is 122 Å². The molecule has 2 aromatic carbocycles. The summed E-state index contributed by atoms with van der Waals surface area (Å²) in [6.45, 7) is 0. The number of benzene rings is 2. The first-order valence-corrected chi connectivity index (χ1v) is 11.4. The normalized spacial score (nSPS) is 11.7. The minimum absolute atomic E-state index is 0.00486. The predicted octanol–water partition coefficient (Wildman–Crippen LogP) is 4.38. The maximum atomic E-state index is 15.4. The quantitative estimate of drug-likeness (QED) is 0.394. The highest BCUT2D eigenvalue weighted by Gasteiger charge is 2.27. The zero-order valence-electron chi connectivity index (χ0n) is 17.1. The molecule has 4 aromatic rings. The molecule has 2 aromatic heterocycles. The highest BCUT2D eigenvalue weighted by Crippen LogP contribution is 2.35. The van der Waals surface area contributed by atoms with E-state index < -0.39 is 71.8 Å². The molecule has 0 bridgehead atoms. The van der Waals surface area contributed by atoms with Crippen molar-refractivity contribution >= 4 is 38.3 Å². The van der Waals surface area contributed by atoms with E-state index in [9.17, 15) is 17.6 Å². The van der Waals surface area contributed by atoms with E-state index >= 15 is 8.78 Å². The van der Waals surface area contributed by atoms with Gasteiger partial charge in [0.1, 0.15) is 22.0 Å². The Bertz CT molecular complexity index is 1570. The molecule has 0 atom stereocenters. The number of carboxylic acid groups (broad SMARTS) is 1. The molecule has 0 amide bonds. The van der Waals surface area contributed by atoms with Gasteiger partial charge in [0, 0.05) is 22.7 Å². The van der Waals surface area contributed by atoms with Crippen molar-refractivity contribution in [3.63, 3.8) is 0 Å². The number of carbonyl (C=O) groups is 1. The molecule has 176 valence electrons. The lowest BCUT2D eigenvalue weighted by atomic mass is 9.99. The van der Waals surface area contributed by atoms with Gasteiger partial charge in [0.25, 0.3) is 0 Å². The molecule has 0 saturated heterocycles. The number of nitrogens with zero attached hydrogens (tertiary/aromatic N) is 2. The van der Waals surface area contributed by atoms with E-state index in [2.05, 4.69) is 15.2 Å². The summed E-state index contributed by atoms with van der Waals surface area (Å²) >= 11 is 5.83. The van der Waals surface area contributed by atoms with Gasteiger partial charge in [-0.15, -0.1) is 0 Å². The summed E-state index contributed by atoms with van der Waals surface area (Å²) in [5.41, 5.74) is -2.69. The molecule has 2 N–H and O–H groups in total. The number of H-pyrrole nitrogens is 1. The van der Waals surface area contributed by atoms with Gasteiger partial charge >= 0.3 is 5.97 Å². The summed E-state index contributed by atoms with van der Waals surface area (Å²) in [4.78, 5) is 14.6. The number of fused-ring (bicyclic) bond motifs is 1. The molecule has 0 spiro atoms. The molecule has 0 saturated carbocycles. The van der Waals surface area contributed by atoms with E-state index in [1.54, 1.807) is 0 Å². The van der Waals surface area contributed by atoms with E-state index in [-0.39, 0.29) is 16.3 Å². The zero-order chi connectivity index (χ0) is 24.8. The number of halogens is 4. The van der Waals surface area contributed by atoms with Gasteiger partial charge in [0.2, 0.25) is 5.88 Å². The second-order valence-corrected chi connectivity index (χ2v) is 9.44. The minimum atomic E-state index is -4.27. The fraction of sp³-hybridized carbons (Fsp3) is 0.0952. The van der Waals surface area contributed by atoms with Gasteiger partial charge in [-0.2, -0.15) is 5.10 Å². The minimum Gasteiger partial charge on any atom is -0.480 e. The van der Waals surface area contributed by atoms with Gasteiger partial charge in [-0.05, 0) is 18.2 Å². The summed E-state index contributed by atoms with van der Waals surface area (Å²) in [6, 6.07) is 4.93. The monoisotopic (exact) mass is 511 g/mol. The Morgan fingerprint density at radius 2 is 1.91 bits per heavy atom. The van der Waals surface area contributed by atoms with Crippen LogP contribution in [0.15, 0.2) is 41.4 Å². The molecule has 4 rings (SSSR count). The van der Waals surface area contributed by atoms with E-state index in [4.69, 9.17) is 21.4 Å². The third-order valence-electron chi connectivity index (χ3n) is 4.98. The Morgan fingerprint density at radius 3 is 2.59 bits per heavy atom. The van der Waals surface area contributed by atoms with Crippen molar-refractivity contribution in [2.75, 3.05) is 7.11 Å². The summed E-state index contributed by atoms with van der Waals surface area (Å²) in [5.74, 6) is -6.25. The third kappa shape index (κ3) is 3.94. The van der Waals surface area contributed by atoms with Gasteiger partial charge in [0.05, 0.1) is 23.4 Å². The summed E-state index contributed by atoms with van der Waals surface area (Å²) in [6.07, 6.45) is 1.17. The number of carboxylic acids is 1. The molecule has 13 heteroatoms. The number of ether oxygens (including phenoxy) is 1. The molecule has 0 aliphatic heterocycles. The van der Waals surface area contributed by atoms with E-state index in [0.29, 0.717) is 0 Å². The molecule has 2 heterocycles. The maximum absolute atomic E-state index is 15.4. The Hall–Kier alpha value is -3.64. The third-order valence-corrected chi connectivity index (χ3v) is 6.84. The Morgan fingerprint density at radius 1 is 1.18 bits per heavy atom. The number of hydrogen-bond acceptors (Lipinski definition) is 6. The predicted molar refractivity (Wildman–Crippen MR) is 115 cm³/mol. The molecule has 0 fully saturated rings. The number of nitrogens with one attached hydrogen (secondary N) is 1. The smallest absolute Gasteiger partial charge is 0.354 e. The van der Waals surface area contributed by atoms with Crippen molar-refractivity contribution in [3.05, 3.63) is 70.3 Å². The standard InChI is InChI=1S/C21H13ClF3N3O5S/c1-33-20-14(6-10(22)7-26-20)34(31,32)8-9-2-5-13(23)15(16(9)24)11-3-4-12-18(17(11)25)27-28-19(12)21(29)30/h2-7H,8H2,1H3,(H,27,28)(H,29,30). The van der Waals surface area contributed by atoms with Crippen LogP contribution in [0.3, 0.4) is 0 Å². The van der Waals surface area contributed by atoms with E-state index in [0.717, 1.165) is 30.3 Å². The van der Waals surface area contributed by atoms with Crippen molar-refractivity contribution < 1.29 is 36.2 Å². The van der Waals surface area contributed by atoms with Gasteiger partial charge in [-0.3, -0.25) is 5.10 Å². The maximum Gasteiger partial charge on any atom is 0.354 e. The molecule has 0 radical (unpaired) electrons. The van der Waals surface area contributed by atoms with Crippen LogP contribution in [0.25, 0.3) is 22.0 Å². The molecule has 34 heavy (non-hydrogen) atoms. The number of sulfone groups is 1. The number of aromatic nitrogens is 3. The molecule has 0 aliphatic carbocycles. The number of rotatable bonds is 6. The van der Waals surface area contributed by atoms with Crippen LogP contribution in [0, 0.1) is 17.5 Å². The van der Waals surface area contributed by atoms with Gasteiger partial charge in [0.15, 0.2) is 21.3 Å². The van der Waals surface area contributed by atoms with Crippen molar-refractivity contribution in [3.8, 4) is 17.0 Å². The average molecular weight is 512 g/mol. The lowest BCUT2D eigenvalue weighted by Gasteiger charge is -2.13. The number of hydrogen-bond donors (Lipinski definition) is 2. The number of methoxy groups -OCH3 is 1. The first-order chi connectivity index (χ1) is 16.0. The highest BCUT2D eigenvalue weighted by molar-refractivity contribution is 7.90. The molecular formula is C21H13ClF3N3O5S. The highest BCUT2D eigenvalue weighted by atomic mass is 35.5. The zero-order valence-corrected chi connectivity index (χ0v) is 18.6. The number of pyridine rings is 1. The summed E-state index contributed by atoms with van der Waals surface area (Å²) in [5, 5.41) is 14.8. The van der Waals surface area contributed by atoms with Crippen LogP contribution in [0.5, 0.6) is 5.88 Å². The van der Waals surface area contributed by atoms with Crippen molar-refractivity contribution in [2.24, 2.45) is 0 Å². The molecule has 0 aliphatic rings. The lowest BCUT2D eigenvalue weighted by molar-refractivity contribution is 0.0692. The lowest BCUT2D eigenvalue weighted by Crippen LogP contribution is -2.10. The molecule has 0 unspecified atom stereocenters. The van der Waals surface area contributed by atoms with Gasteiger partial charge in [-0.1, -0.05) is 23.7 Å². The van der Waals surface area contributed by atoms with Crippen LogP contribution in [0.1, 0.15) is 16.1 Å². The first kappa shape index (κ1) is 23.5. The van der Waals surface area contributed by atoms with Gasteiger partial charge < -0.3 is 9.84 Å². The Kier molecular flexibility index (Phi) is 5.96. The van der Waals surface area contributed by atoms with Crippen LogP contribution in [-0.4, -0.2) is 41.8 Å². The van der Waals surface area contributed by atoms with Crippen molar-refractivity contribution in [1.29, 1.82) is 0 Å². The SMILES string of the molecule is COc1ncc(Cl)cc1S(=O)(=O)Cc1ccc(F)c(-c2ccc3c(C(=O)O)[nH]nc3c2F)c1F. The second kappa shape index (κ2) is 8.61. The Balaban J connectivity index is 1.83. The van der Waals surface area contributed by atoms with Crippen LogP contribution in [0.2, 0.25) is 5.02 Å². The van der Waals surface area contributed by atoms with Crippen LogP contribution in [0.4, 0.5) is 13.2 Å². The molecular weight excluding hydrogens is 499 g/mol. The van der Waals surface area contributed by atoms with Crippen molar-refractivity contribution in [1.82, 2.24) is 15.2 Å². The van der Waals surface area contributed by atoms with Gasteiger partial charge in [-0.25, -0.2) is 31.4 Å².